The summed E-state index contributed by atoms with van der Waals surface area (Å²) >= 11 is 0. The largest absolute Gasteiger partial charge is 0.249 e. The number of hydrogen-bond acceptors (Lipinski definition) is 1. The second kappa shape index (κ2) is 34.5. The zero-order chi connectivity index (χ0) is 31.4. The number of hydrogen-bond donors (Lipinski definition) is 0. The zero-order valence-corrected chi connectivity index (χ0v) is 30.1. The summed E-state index contributed by atoms with van der Waals surface area (Å²) in [7, 11) is 0. The van der Waals surface area contributed by atoms with Crippen molar-refractivity contribution >= 4 is 12.2 Å². The molecule has 254 valence electrons. The fourth-order valence-electron chi connectivity index (χ4n) is 6.33. The third-order valence-corrected chi connectivity index (χ3v) is 9.32. The Morgan fingerprint density at radius 2 is 0.614 bits per heavy atom. The lowest BCUT2D eigenvalue weighted by Crippen LogP contribution is -1.85. The highest BCUT2D eigenvalue weighted by atomic mass is 14.7. The minimum absolute atomic E-state index is 1.10. The van der Waals surface area contributed by atoms with E-state index in [0.29, 0.717) is 0 Å². The van der Waals surface area contributed by atoms with Crippen LogP contribution in [0.15, 0.2) is 30.4 Å². The van der Waals surface area contributed by atoms with Gasteiger partial charge in [-0.25, -0.2) is 4.98 Å². The van der Waals surface area contributed by atoms with E-state index in [4.69, 9.17) is 4.98 Å². The van der Waals surface area contributed by atoms with Crippen molar-refractivity contribution in [2.75, 3.05) is 0 Å². The second-order valence-corrected chi connectivity index (χ2v) is 13.8. The number of pyridine rings is 1. The van der Waals surface area contributed by atoms with Crippen molar-refractivity contribution in [2.24, 2.45) is 0 Å². The topological polar surface area (TPSA) is 12.9 Å². The number of rotatable bonds is 34. The van der Waals surface area contributed by atoms with E-state index in [-0.39, 0.29) is 0 Å². The minimum atomic E-state index is 1.10. The molecule has 0 N–H and O–H groups in total. The SMILES string of the molecule is CCCCCCCCCCCCCCCCCC=Cc1cccc(C=CCCCCCCCCCCCCCCCCC)n1. The van der Waals surface area contributed by atoms with Gasteiger partial charge in [0.05, 0.1) is 11.4 Å². The van der Waals surface area contributed by atoms with Crippen molar-refractivity contribution in [2.45, 2.75) is 219 Å². The number of unbranched alkanes of at least 4 members (excludes halogenated alkanes) is 30. The van der Waals surface area contributed by atoms with Crippen LogP contribution in [0, 0.1) is 0 Å². The second-order valence-electron chi connectivity index (χ2n) is 13.8. The van der Waals surface area contributed by atoms with E-state index in [1.165, 1.54) is 205 Å². The maximum atomic E-state index is 4.82. The molecule has 0 bridgehead atoms. The molecule has 0 unspecified atom stereocenters. The first-order valence-electron chi connectivity index (χ1n) is 20.2. The number of nitrogens with zero attached hydrogens (tertiary/aromatic N) is 1. The van der Waals surface area contributed by atoms with E-state index >= 15 is 0 Å². The molecule has 0 aliphatic rings. The summed E-state index contributed by atoms with van der Waals surface area (Å²) in [5.74, 6) is 0. The number of aromatic nitrogens is 1. The van der Waals surface area contributed by atoms with Crippen LogP contribution in [0.2, 0.25) is 0 Å². The first-order valence-corrected chi connectivity index (χ1v) is 20.2. The Morgan fingerprint density at radius 3 is 0.886 bits per heavy atom. The van der Waals surface area contributed by atoms with Gasteiger partial charge in [-0.2, -0.15) is 0 Å². The highest BCUT2D eigenvalue weighted by Gasteiger charge is 1.97. The molecule has 1 aromatic rings. The molecule has 0 aromatic carbocycles. The summed E-state index contributed by atoms with van der Waals surface area (Å²) in [5, 5.41) is 0. The van der Waals surface area contributed by atoms with Gasteiger partial charge < -0.3 is 0 Å². The Balaban J connectivity index is 1.91. The molecule has 0 amide bonds. The molecule has 1 aromatic heterocycles. The molecular formula is C43H77N. The van der Waals surface area contributed by atoms with E-state index in [0.717, 1.165) is 11.4 Å². The summed E-state index contributed by atoms with van der Waals surface area (Å²) < 4.78 is 0. The molecule has 0 spiro atoms. The average Bonchev–Trinajstić information content (AvgIpc) is 3.04. The standard InChI is InChI=1S/C43H77N/c1-3-5-7-9-11-13-15-17-19-21-23-25-27-29-31-33-35-38-42-40-37-41-43(44-42)39-36-34-32-30-28-26-24-22-20-18-16-14-12-10-8-6-4-2/h35-41H,3-34H2,1-2H3. The van der Waals surface area contributed by atoms with Gasteiger partial charge in [0.25, 0.3) is 0 Å². The van der Waals surface area contributed by atoms with E-state index in [9.17, 15) is 0 Å². The minimum Gasteiger partial charge on any atom is -0.249 e. The van der Waals surface area contributed by atoms with E-state index in [2.05, 4.69) is 56.4 Å². The molecule has 0 aliphatic heterocycles. The molecule has 1 heteroatoms. The normalized spacial score (nSPS) is 11.9. The Bertz CT molecular complexity index is 688. The van der Waals surface area contributed by atoms with Gasteiger partial charge in [-0.3, -0.25) is 0 Å². The lowest BCUT2D eigenvalue weighted by Gasteiger charge is -2.03. The van der Waals surface area contributed by atoms with Gasteiger partial charge in [0.1, 0.15) is 0 Å². The molecule has 0 atom stereocenters. The predicted octanol–water partition coefficient (Wildman–Crippen LogP) is 15.6. The van der Waals surface area contributed by atoms with E-state index in [1.807, 2.05) is 0 Å². The molecule has 1 nitrogen and oxygen atoms in total. The van der Waals surface area contributed by atoms with Crippen LogP contribution in [0.3, 0.4) is 0 Å². The molecular weight excluding hydrogens is 530 g/mol. The Labute approximate surface area is 277 Å². The Hall–Kier alpha value is -1.37. The molecule has 1 rings (SSSR count). The summed E-state index contributed by atoms with van der Waals surface area (Å²) in [6.45, 7) is 4.60. The van der Waals surface area contributed by atoms with Crippen molar-refractivity contribution in [3.05, 3.63) is 41.7 Å². The van der Waals surface area contributed by atoms with Crippen molar-refractivity contribution < 1.29 is 0 Å². The van der Waals surface area contributed by atoms with Crippen molar-refractivity contribution in [3.63, 3.8) is 0 Å². The molecule has 1 heterocycles. The van der Waals surface area contributed by atoms with Crippen LogP contribution in [0.1, 0.15) is 231 Å². The third kappa shape index (κ3) is 29.3. The van der Waals surface area contributed by atoms with Crippen LogP contribution in [-0.2, 0) is 0 Å². The molecule has 0 saturated heterocycles. The molecule has 0 fully saturated rings. The van der Waals surface area contributed by atoms with Crippen LogP contribution in [0.25, 0.3) is 12.2 Å². The first kappa shape index (κ1) is 40.7. The molecule has 0 saturated carbocycles. The predicted molar refractivity (Wildman–Crippen MR) is 201 cm³/mol. The Morgan fingerprint density at radius 1 is 0.364 bits per heavy atom. The van der Waals surface area contributed by atoms with Gasteiger partial charge in [0.15, 0.2) is 0 Å². The van der Waals surface area contributed by atoms with Crippen LogP contribution in [-0.4, -0.2) is 4.98 Å². The summed E-state index contributed by atoms with van der Waals surface area (Å²) in [5.41, 5.74) is 2.19. The van der Waals surface area contributed by atoms with Gasteiger partial charge in [-0.15, -0.1) is 0 Å². The molecule has 0 radical (unpaired) electrons. The summed E-state index contributed by atoms with van der Waals surface area (Å²) in [6, 6.07) is 6.41. The van der Waals surface area contributed by atoms with Gasteiger partial charge in [0, 0.05) is 0 Å². The first-order chi connectivity index (χ1) is 21.9. The quantitative estimate of drug-likeness (QED) is 0.0710. The van der Waals surface area contributed by atoms with Gasteiger partial charge in [0.2, 0.25) is 0 Å². The monoisotopic (exact) mass is 608 g/mol. The highest BCUT2D eigenvalue weighted by molar-refractivity contribution is 5.50. The van der Waals surface area contributed by atoms with Crippen LogP contribution < -0.4 is 0 Å². The smallest absolute Gasteiger partial charge is 0.0633 e. The highest BCUT2D eigenvalue weighted by Crippen LogP contribution is 2.16. The lowest BCUT2D eigenvalue weighted by atomic mass is 10.0. The van der Waals surface area contributed by atoms with E-state index < -0.39 is 0 Å². The van der Waals surface area contributed by atoms with Crippen molar-refractivity contribution in [1.29, 1.82) is 0 Å². The Kier molecular flexibility index (Phi) is 31.9. The molecule has 44 heavy (non-hydrogen) atoms. The van der Waals surface area contributed by atoms with Gasteiger partial charge >= 0.3 is 0 Å². The van der Waals surface area contributed by atoms with Crippen LogP contribution in [0.5, 0.6) is 0 Å². The third-order valence-electron chi connectivity index (χ3n) is 9.32. The van der Waals surface area contributed by atoms with Gasteiger partial charge in [-0.1, -0.05) is 212 Å². The fraction of sp³-hybridized carbons (Fsp3) is 0.791. The van der Waals surface area contributed by atoms with Crippen molar-refractivity contribution in [1.82, 2.24) is 4.98 Å². The summed E-state index contributed by atoms with van der Waals surface area (Å²) in [6.07, 6.45) is 54.3. The van der Waals surface area contributed by atoms with E-state index in [1.54, 1.807) is 0 Å². The number of allylic oxidation sites excluding steroid dienone is 2. The fourth-order valence-corrected chi connectivity index (χ4v) is 6.33. The maximum Gasteiger partial charge on any atom is 0.0633 e. The average molecular weight is 608 g/mol. The maximum absolute atomic E-state index is 4.82. The van der Waals surface area contributed by atoms with Crippen LogP contribution >= 0.6 is 0 Å². The van der Waals surface area contributed by atoms with Crippen LogP contribution in [0.4, 0.5) is 0 Å². The van der Waals surface area contributed by atoms with Gasteiger partial charge in [-0.05, 0) is 50.0 Å². The van der Waals surface area contributed by atoms with Crippen molar-refractivity contribution in [3.8, 4) is 0 Å². The molecule has 0 aliphatic carbocycles. The zero-order valence-electron chi connectivity index (χ0n) is 30.1. The summed E-state index contributed by atoms with van der Waals surface area (Å²) in [4.78, 5) is 4.82. The lowest BCUT2D eigenvalue weighted by molar-refractivity contribution is 0.533.